The van der Waals surface area contributed by atoms with E-state index in [1.165, 1.54) is 5.57 Å². The lowest BCUT2D eigenvalue weighted by molar-refractivity contribution is -0.151. The maximum atomic E-state index is 11.8. The number of benzene rings is 1. The highest BCUT2D eigenvalue weighted by Gasteiger charge is 2.34. The van der Waals surface area contributed by atoms with Gasteiger partial charge in [0, 0.05) is 5.02 Å². The summed E-state index contributed by atoms with van der Waals surface area (Å²) in [7, 11) is 0. The molecule has 114 valence electrons. The maximum absolute atomic E-state index is 11.8. The van der Waals surface area contributed by atoms with Crippen LogP contribution < -0.4 is 0 Å². The Kier molecular flexibility index (Phi) is 5.07. The zero-order chi connectivity index (χ0) is 15.5. The molecule has 0 saturated carbocycles. The van der Waals surface area contributed by atoms with Crippen molar-refractivity contribution in [3.8, 4) is 0 Å². The third kappa shape index (κ3) is 4.32. The molecule has 0 N–H and O–H groups in total. The molecule has 0 aromatic heterocycles. The Hall–Kier alpha value is -1.32. The molecule has 0 unspecified atom stereocenters. The predicted octanol–water partition coefficient (Wildman–Crippen LogP) is 4.46. The number of hydrogen-bond acceptors (Lipinski definition) is 3. The Balaban J connectivity index is 2.16. The molecule has 1 aliphatic rings. The summed E-state index contributed by atoms with van der Waals surface area (Å²) in [6.07, 6.45) is 3.00. The highest BCUT2D eigenvalue weighted by atomic mass is 35.5. The molecule has 0 spiro atoms. The average molecular weight is 309 g/mol. The predicted molar refractivity (Wildman–Crippen MR) is 83.3 cm³/mol. The fraction of sp³-hybridized carbons (Fsp3) is 0.471. The molecule has 0 bridgehead atoms. The van der Waals surface area contributed by atoms with Crippen molar-refractivity contribution in [2.75, 3.05) is 6.61 Å². The van der Waals surface area contributed by atoms with Crippen LogP contribution in [0.3, 0.4) is 0 Å². The number of carbonyl (C=O) groups is 1. The summed E-state index contributed by atoms with van der Waals surface area (Å²) in [6, 6.07) is 7.65. The Labute approximate surface area is 130 Å². The van der Waals surface area contributed by atoms with Crippen LogP contribution >= 0.6 is 11.6 Å². The van der Waals surface area contributed by atoms with Crippen molar-refractivity contribution in [2.45, 2.75) is 45.3 Å². The van der Waals surface area contributed by atoms with E-state index in [1.807, 2.05) is 37.3 Å². The van der Waals surface area contributed by atoms with Gasteiger partial charge < -0.3 is 9.47 Å². The van der Waals surface area contributed by atoms with E-state index >= 15 is 0 Å². The van der Waals surface area contributed by atoms with Gasteiger partial charge in [0.2, 0.25) is 0 Å². The topological polar surface area (TPSA) is 35.5 Å². The van der Waals surface area contributed by atoms with E-state index in [0.717, 1.165) is 12.0 Å². The first-order chi connectivity index (χ1) is 9.92. The molecule has 2 rings (SSSR count). The van der Waals surface area contributed by atoms with Crippen molar-refractivity contribution < 1.29 is 14.3 Å². The minimum absolute atomic E-state index is 0.0632. The quantitative estimate of drug-likeness (QED) is 0.608. The second-order valence-corrected chi connectivity index (χ2v) is 6.08. The summed E-state index contributed by atoms with van der Waals surface area (Å²) in [5.41, 5.74) is 1.66. The first-order valence-corrected chi connectivity index (χ1v) is 7.57. The Morgan fingerprint density at radius 1 is 1.43 bits per heavy atom. The van der Waals surface area contributed by atoms with Crippen LogP contribution in [0.2, 0.25) is 5.02 Å². The molecule has 4 heteroatoms. The zero-order valence-electron chi connectivity index (χ0n) is 12.7. The maximum Gasteiger partial charge on any atom is 0.309 e. The molecule has 0 aliphatic carbocycles. The second kappa shape index (κ2) is 6.63. The van der Waals surface area contributed by atoms with Gasteiger partial charge in [-0.25, -0.2) is 0 Å². The Bertz CT molecular complexity index is 535. The van der Waals surface area contributed by atoms with E-state index in [1.54, 1.807) is 6.92 Å². The molecule has 3 nitrogen and oxygen atoms in total. The molecule has 21 heavy (non-hydrogen) atoms. The van der Waals surface area contributed by atoms with E-state index in [0.29, 0.717) is 11.6 Å². The lowest BCUT2D eigenvalue weighted by atomic mass is 9.90. The molecule has 0 fully saturated rings. The summed E-state index contributed by atoms with van der Waals surface area (Å²) < 4.78 is 11.2. The van der Waals surface area contributed by atoms with Crippen LogP contribution in [0.5, 0.6) is 0 Å². The van der Waals surface area contributed by atoms with Crippen molar-refractivity contribution in [1.29, 1.82) is 0 Å². The van der Waals surface area contributed by atoms with Gasteiger partial charge in [-0.3, -0.25) is 4.79 Å². The fourth-order valence-electron chi connectivity index (χ4n) is 2.73. The van der Waals surface area contributed by atoms with Gasteiger partial charge in [0.25, 0.3) is 0 Å². The van der Waals surface area contributed by atoms with E-state index in [9.17, 15) is 4.79 Å². The van der Waals surface area contributed by atoms with E-state index in [2.05, 4.69) is 6.92 Å². The van der Waals surface area contributed by atoms with E-state index < -0.39 is 5.60 Å². The summed E-state index contributed by atoms with van der Waals surface area (Å²) in [6.45, 7) is 6.18. The van der Waals surface area contributed by atoms with Crippen LogP contribution in [-0.4, -0.2) is 18.2 Å². The van der Waals surface area contributed by atoms with E-state index in [-0.39, 0.29) is 18.5 Å². The van der Waals surface area contributed by atoms with Crippen LogP contribution in [-0.2, 0) is 14.3 Å². The number of esters is 1. The first-order valence-electron chi connectivity index (χ1n) is 7.19. The highest BCUT2D eigenvalue weighted by Crippen LogP contribution is 2.38. The molecular formula is C17H21ClO3. The number of carbonyl (C=O) groups excluding carboxylic acids is 1. The summed E-state index contributed by atoms with van der Waals surface area (Å²) >= 11 is 5.93. The van der Waals surface area contributed by atoms with Crippen molar-refractivity contribution in [1.82, 2.24) is 0 Å². The molecule has 1 aromatic rings. The van der Waals surface area contributed by atoms with Crippen molar-refractivity contribution in [3.05, 3.63) is 46.5 Å². The van der Waals surface area contributed by atoms with Crippen molar-refractivity contribution in [2.24, 2.45) is 0 Å². The number of halogens is 1. The number of hydrogen-bond donors (Lipinski definition) is 0. The standard InChI is InChI=1S/C17H21ClO3/c1-4-20-16(19)11-17(3)10-12(2)9-15(21-17)13-5-7-14(18)8-6-13/h5-8,10,15H,4,9,11H2,1-3H3/t15-,17+/m1/s1. The fourth-order valence-corrected chi connectivity index (χ4v) is 2.85. The van der Waals surface area contributed by atoms with Crippen molar-refractivity contribution in [3.63, 3.8) is 0 Å². The normalized spacial score (nSPS) is 25.3. The average Bonchev–Trinajstić information content (AvgIpc) is 2.37. The van der Waals surface area contributed by atoms with Gasteiger partial charge in [0.05, 0.1) is 24.7 Å². The van der Waals surface area contributed by atoms with Gasteiger partial charge in [0.1, 0.15) is 0 Å². The minimum atomic E-state index is -0.626. The van der Waals surface area contributed by atoms with Crippen LogP contribution in [0.15, 0.2) is 35.9 Å². The number of ether oxygens (including phenoxy) is 2. The molecule has 1 aromatic carbocycles. The third-order valence-electron chi connectivity index (χ3n) is 3.51. The zero-order valence-corrected chi connectivity index (χ0v) is 13.4. The van der Waals surface area contributed by atoms with Crippen molar-refractivity contribution >= 4 is 17.6 Å². The monoisotopic (exact) mass is 308 g/mol. The lowest BCUT2D eigenvalue weighted by Crippen LogP contribution is -2.35. The minimum Gasteiger partial charge on any atom is -0.466 e. The Morgan fingerprint density at radius 3 is 2.71 bits per heavy atom. The SMILES string of the molecule is CCOC(=O)C[C@]1(C)C=C(C)C[C@H](c2ccc(Cl)cc2)O1. The second-order valence-electron chi connectivity index (χ2n) is 5.65. The molecule has 0 amide bonds. The van der Waals surface area contributed by atoms with Crippen LogP contribution in [0.4, 0.5) is 0 Å². The highest BCUT2D eigenvalue weighted by molar-refractivity contribution is 6.30. The molecular weight excluding hydrogens is 288 g/mol. The lowest BCUT2D eigenvalue weighted by Gasteiger charge is -2.36. The largest absolute Gasteiger partial charge is 0.466 e. The van der Waals surface area contributed by atoms with Gasteiger partial charge >= 0.3 is 5.97 Å². The summed E-state index contributed by atoms with van der Waals surface area (Å²) in [5, 5.41) is 0.705. The molecule has 0 saturated heterocycles. The van der Waals surface area contributed by atoms with Gasteiger partial charge in [-0.05, 0) is 44.9 Å². The van der Waals surface area contributed by atoms with E-state index in [4.69, 9.17) is 21.1 Å². The smallest absolute Gasteiger partial charge is 0.309 e. The molecule has 0 radical (unpaired) electrons. The van der Waals surface area contributed by atoms with Gasteiger partial charge in [-0.15, -0.1) is 0 Å². The van der Waals surface area contributed by atoms with Crippen LogP contribution in [0.1, 0.15) is 45.3 Å². The van der Waals surface area contributed by atoms with Crippen LogP contribution in [0.25, 0.3) is 0 Å². The molecule has 2 atom stereocenters. The van der Waals surface area contributed by atoms with Crippen LogP contribution in [0, 0.1) is 0 Å². The summed E-state index contributed by atoms with van der Waals surface area (Å²) in [4.78, 5) is 11.8. The Morgan fingerprint density at radius 2 is 2.10 bits per heavy atom. The third-order valence-corrected chi connectivity index (χ3v) is 3.77. The van der Waals surface area contributed by atoms with Gasteiger partial charge in [-0.2, -0.15) is 0 Å². The van der Waals surface area contributed by atoms with Gasteiger partial charge in [0.15, 0.2) is 0 Å². The number of rotatable bonds is 4. The summed E-state index contributed by atoms with van der Waals surface area (Å²) in [5.74, 6) is -0.235. The molecule has 1 aliphatic heterocycles. The van der Waals surface area contributed by atoms with Gasteiger partial charge in [-0.1, -0.05) is 35.4 Å². The first kappa shape index (κ1) is 16.1. The molecule has 1 heterocycles.